The van der Waals surface area contributed by atoms with E-state index in [1.165, 1.54) is 35.7 Å². The molecule has 34 heavy (non-hydrogen) atoms. The van der Waals surface area contributed by atoms with Crippen LogP contribution in [0.5, 0.6) is 0 Å². The van der Waals surface area contributed by atoms with Gasteiger partial charge in [0.25, 0.3) is 5.91 Å². The van der Waals surface area contributed by atoms with Crippen molar-refractivity contribution in [2.75, 3.05) is 31.1 Å². The fourth-order valence-corrected chi connectivity index (χ4v) is 5.29. The van der Waals surface area contributed by atoms with Crippen molar-refractivity contribution in [1.82, 2.24) is 5.32 Å². The number of benzene rings is 2. The molecule has 0 saturated carbocycles. The van der Waals surface area contributed by atoms with Gasteiger partial charge in [0.05, 0.1) is 0 Å². The lowest BCUT2D eigenvalue weighted by Crippen LogP contribution is -2.30. The molecule has 1 aliphatic rings. The number of piperidine rings is 1. The number of fused-ring (bicyclic) bond motifs is 1. The third-order valence-electron chi connectivity index (χ3n) is 6.44. The number of hydrogen-bond acceptors (Lipinski definition) is 5. The van der Waals surface area contributed by atoms with E-state index in [9.17, 15) is 10.1 Å². The van der Waals surface area contributed by atoms with Crippen LogP contribution in [0.2, 0.25) is 0 Å². The maximum absolute atomic E-state index is 12.5. The number of nitrogens with one attached hydrogen (secondary N) is 1. The highest BCUT2D eigenvalue weighted by molar-refractivity contribution is 7.16. The predicted molar refractivity (Wildman–Crippen MR) is 141 cm³/mol. The summed E-state index contributed by atoms with van der Waals surface area (Å²) < 4.78 is 0. The van der Waals surface area contributed by atoms with Crippen LogP contribution in [0.1, 0.15) is 38.0 Å². The van der Waals surface area contributed by atoms with E-state index in [2.05, 4.69) is 52.7 Å². The van der Waals surface area contributed by atoms with Crippen LogP contribution in [0, 0.1) is 17.2 Å². The highest BCUT2D eigenvalue weighted by Crippen LogP contribution is 2.35. The number of anilines is 1. The quantitative estimate of drug-likeness (QED) is 0.346. The number of nitrogens with zero attached hydrogens (tertiary/aromatic N) is 2. The standard InChI is InChI=1S/C28H31N3O2S/c1-19(18-32)17-30-28(33)25(16-29)20(2)26-10-11-27(34-26)23-7-6-22-15-24(9-8-21(22)14-23)31-12-4-3-5-13-31/h6-11,14-15,19,32H,3-5,12-13,17-18H2,1-2H3,(H,30,33)/b25-20+. The third kappa shape index (κ3) is 5.32. The van der Waals surface area contributed by atoms with Gasteiger partial charge in [-0.2, -0.15) is 5.26 Å². The largest absolute Gasteiger partial charge is 0.396 e. The molecule has 176 valence electrons. The summed E-state index contributed by atoms with van der Waals surface area (Å²) in [5, 5.41) is 23.9. The van der Waals surface area contributed by atoms with E-state index in [1.54, 1.807) is 11.3 Å². The number of thiophene rings is 1. The van der Waals surface area contributed by atoms with E-state index in [1.807, 2.05) is 26.0 Å². The van der Waals surface area contributed by atoms with Crippen molar-refractivity contribution in [2.24, 2.45) is 5.92 Å². The van der Waals surface area contributed by atoms with Gasteiger partial charge in [-0.3, -0.25) is 4.79 Å². The molecule has 3 aromatic rings. The SMILES string of the molecule is C/C(=C(/C#N)C(=O)NCC(C)CO)c1ccc(-c2ccc3cc(N4CCCCC4)ccc3c2)s1. The summed E-state index contributed by atoms with van der Waals surface area (Å²) in [4.78, 5) is 17.0. The summed E-state index contributed by atoms with van der Waals surface area (Å²) in [6, 6.07) is 19.3. The Morgan fingerprint density at radius 3 is 2.59 bits per heavy atom. The average Bonchev–Trinajstić information content (AvgIpc) is 3.38. The monoisotopic (exact) mass is 473 g/mol. The second-order valence-corrected chi connectivity index (χ2v) is 10.2. The first-order chi connectivity index (χ1) is 16.5. The molecule has 1 fully saturated rings. The number of carbonyl (C=O) groups is 1. The van der Waals surface area contributed by atoms with Gasteiger partial charge in [0.1, 0.15) is 11.6 Å². The van der Waals surface area contributed by atoms with Crippen LogP contribution >= 0.6 is 11.3 Å². The molecule has 2 heterocycles. The van der Waals surface area contributed by atoms with Gasteiger partial charge < -0.3 is 15.3 Å². The van der Waals surface area contributed by atoms with Gasteiger partial charge in [-0.05, 0) is 84.3 Å². The topological polar surface area (TPSA) is 76.4 Å². The summed E-state index contributed by atoms with van der Waals surface area (Å²) in [5.74, 6) is -0.452. The normalized spacial score (nSPS) is 15.5. The van der Waals surface area contributed by atoms with Crippen molar-refractivity contribution in [2.45, 2.75) is 33.1 Å². The van der Waals surface area contributed by atoms with Crippen LogP contribution in [0.15, 0.2) is 54.1 Å². The van der Waals surface area contributed by atoms with E-state index in [0.717, 1.165) is 28.4 Å². The Morgan fingerprint density at radius 2 is 1.85 bits per heavy atom. The van der Waals surface area contributed by atoms with Crippen molar-refractivity contribution in [3.05, 3.63) is 59.0 Å². The molecule has 2 N–H and O–H groups in total. The Morgan fingerprint density at radius 1 is 1.12 bits per heavy atom. The summed E-state index contributed by atoms with van der Waals surface area (Å²) in [6.45, 7) is 6.25. The van der Waals surface area contributed by atoms with Gasteiger partial charge in [-0.1, -0.05) is 25.1 Å². The van der Waals surface area contributed by atoms with E-state index in [0.29, 0.717) is 12.1 Å². The maximum atomic E-state index is 12.5. The minimum atomic E-state index is -0.398. The molecule has 1 atom stereocenters. The molecule has 0 radical (unpaired) electrons. The number of carbonyl (C=O) groups excluding carboxylic acids is 1. The molecule has 1 amide bonds. The molecule has 1 saturated heterocycles. The van der Waals surface area contributed by atoms with E-state index in [4.69, 9.17) is 5.11 Å². The molecule has 2 aromatic carbocycles. The van der Waals surface area contributed by atoms with Gasteiger partial charge >= 0.3 is 0 Å². The minimum absolute atomic E-state index is 0.00945. The number of allylic oxidation sites excluding steroid dienone is 1. The molecule has 0 aliphatic carbocycles. The fourth-order valence-electron chi connectivity index (χ4n) is 4.28. The highest BCUT2D eigenvalue weighted by atomic mass is 32.1. The van der Waals surface area contributed by atoms with Crippen molar-refractivity contribution >= 4 is 39.3 Å². The second kappa shape index (κ2) is 10.9. The summed E-state index contributed by atoms with van der Waals surface area (Å²) in [7, 11) is 0. The van der Waals surface area contributed by atoms with Crippen molar-refractivity contribution in [3.63, 3.8) is 0 Å². The van der Waals surface area contributed by atoms with Gasteiger partial charge in [-0.15, -0.1) is 11.3 Å². The molecule has 5 nitrogen and oxygen atoms in total. The average molecular weight is 474 g/mol. The van der Waals surface area contributed by atoms with E-state index >= 15 is 0 Å². The van der Waals surface area contributed by atoms with Crippen LogP contribution in [0.4, 0.5) is 5.69 Å². The first kappa shape index (κ1) is 24.0. The van der Waals surface area contributed by atoms with Crippen LogP contribution in [-0.4, -0.2) is 37.3 Å². The van der Waals surface area contributed by atoms with Gasteiger partial charge in [0.2, 0.25) is 0 Å². The molecule has 1 unspecified atom stereocenters. The number of aliphatic hydroxyl groups is 1. The lowest BCUT2D eigenvalue weighted by Gasteiger charge is -2.29. The minimum Gasteiger partial charge on any atom is -0.396 e. The zero-order chi connectivity index (χ0) is 24.1. The second-order valence-electron chi connectivity index (χ2n) is 9.07. The molecular formula is C28H31N3O2S. The molecule has 4 rings (SSSR count). The molecule has 0 spiro atoms. The molecule has 6 heteroatoms. The Labute approximate surface area is 205 Å². The van der Waals surface area contributed by atoms with Crippen molar-refractivity contribution in [1.29, 1.82) is 5.26 Å². The highest BCUT2D eigenvalue weighted by Gasteiger charge is 2.17. The number of hydrogen-bond donors (Lipinski definition) is 2. The van der Waals surface area contributed by atoms with Gasteiger partial charge in [0.15, 0.2) is 0 Å². The Kier molecular flexibility index (Phi) is 7.66. The van der Waals surface area contributed by atoms with Crippen LogP contribution < -0.4 is 10.2 Å². The molecule has 1 aliphatic heterocycles. The van der Waals surface area contributed by atoms with Gasteiger partial charge in [-0.25, -0.2) is 0 Å². The lowest BCUT2D eigenvalue weighted by molar-refractivity contribution is -0.117. The number of aliphatic hydroxyl groups excluding tert-OH is 1. The lowest BCUT2D eigenvalue weighted by atomic mass is 10.0. The van der Waals surface area contributed by atoms with Crippen molar-refractivity contribution < 1.29 is 9.90 Å². The Balaban J connectivity index is 1.55. The fraction of sp³-hybridized carbons (Fsp3) is 0.357. The Hall–Kier alpha value is -3.14. The number of amides is 1. The summed E-state index contributed by atoms with van der Waals surface area (Å²) >= 11 is 1.58. The maximum Gasteiger partial charge on any atom is 0.262 e. The Bertz CT molecular complexity index is 1250. The number of nitriles is 1. The summed E-state index contributed by atoms with van der Waals surface area (Å²) in [5.41, 5.74) is 3.21. The summed E-state index contributed by atoms with van der Waals surface area (Å²) in [6.07, 6.45) is 3.86. The molecular weight excluding hydrogens is 442 g/mol. The van der Waals surface area contributed by atoms with Crippen LogP contribution in [0.25, 0.3) is 26.8 Å². The molecule has 0 bridgehead atoms. The van der Waals surface area contributed by atoms with E-state index < -0.39 is 5.91 Å². The zero-order valence-electron chi connectivity index (χ0n) is 19.8. The van der Waals surface area contributed by atoms with Crippen LogP contribution in [-0.2, 0) is 4.79 Å². The first-order valence-electron chi connectivity index (χ1n) is 11.9. The van der Waals surface area contributed by atoms with Crippen molar-refractivity contribution in [3.8, 4) is 16.5 Å². The predicted octanol–water partition coefficient (Wildman–Crippen LogP) is 5.60. The van der Waals surface area contributed by atoms with E-state index in [-0.39, 0.29) is 18.1 Å². The van der Waals surface area contributed by atoms with Gasteiger partial charge in [0, 0.05) is 41.7 Å². The number of rotatable bonds is 7. The third-order valence-corrected chi connectivity index (χ3v) is 7.70. The zero-order valence-corrected chi connectivity index (χ0v) is 20.6. The first-order valence-corrected chi connectivity index (χ1v) is 12.7. The van der Waals surface area contributed by atoms with Crippen LogP contribution in [0.3, 0.4) is 0 Å². The smallest absolute Gasteiger partial charge is 0.262 e. The molecule has 1 aromatic heterocycles.